The van der Waals surface area contributed by atoms with Crippen molar-refractivity contribution in [2.45, 2.75) is 13.1 Å². The standard InChI is InChI=1S/C18H20N2O3/c1-2-22-11-12-23-14-9-7-13(8-10-14)17-19-16-6-4-3-5-15(16)18(21)20-17/h3-10,17,19H,2,11-12H2,1H3,(H,20,21). The van der Waals surface area contributed by atoms with E-state index in [-0.39, 0.29) is 12.1 Å². The van der Waals surface area contributed by atoms with Gasteiger partial charge in [0.05, 0.1) is 12.2 Å². The highest BCUT2D eigenvalue weighted by atomic mass is 16.5. The molecule has 3 rings (SSSR count). The summed E-state index contributed by atoms with van der Waals surface area (Å²) in [6.45, 7) is 3.75. The molecule has 1 atom stereocenters. The molecule has 1 aliphatic heterocycles. The van der Waals surface area contributed by atoms with Gasteiger partial charge in [-0.25, -0.2) is 0 Å². The molecule has 120 valence electrons. The van der Waals surface area contributed by atoms with Gasteiger partial charge in [-0.15, -0.1) is 0 Å². The van der Waals surface area contributed by atoms with Crippen LogP contribution < -0.4 is 15.4 Å². The van der Waals surface area contributed by atoms with Crippen molar-refractivity contribution in [2.75, 3.05) is 25.1 Å². The molecule has 0 aliphatic carbocycles. The van der Waals surface area contributed by atoms with Crippen LogP contribution in [0.15, 0.2) is 48.5 Å². The molecule has 23 heavy (non-hydrogen) atoms. The number of anilines is 1. The van der Waals surface area contributed by atoms with Crippen LogP contribution in [0.2, 0.25) is 0 Å². The molecule has 1 amide bonds. The summed E-state index contributed by atoms with van der Waals surface area (Å²) in [5.74, 6) is 0.720. The van der Waals surface area contributed by atoms with Crippen LogP contribution in [0.1, 0.15) is 29.0 Å². The number of nitrogens with one attached hydrogen (secondary N) is 2. The first-order valence-corrected chi connectivity index (χ1v) is 7.75. The van der Waals surface area contributed by atoms with E-state index in [1.807, 2.05) is 55.5 Å². The topological polar surface area (TPSA) is 59.6 Å². The van der Waals surface area contributed by atoms with Crippen LogP contribution in [0.3, 0.4) is 0 Å². The third-order valence-corrected chi connectivity index (χ3v) is 3.66. The summed E-state index contributed by atoms with van der Waals surface area (Å²) in [5.41, 5.74) is 2.49. The van der Waals surface area contributed by atoms with Crippen LogP contribution in [0.25, 0.3) is 0 Å². The molecule has 2 aromatic rings. The van der Waals surface area contributed by atoms with Gasteiger partial charge < -0.3 is 20.1 Å². The molecule has 0 saturated heterocycles. The Morgan fingerprint density at radius 3 is 2.57 bits per heavy atom. The molecule has 5 heteroatoms. The number of rotatable bonds is 6. The van der Waals surface area contributed by atoms with Crippen molar-refractivity contribution >= 4 is 11.6 Å². The average molecular weight is 312 g/mol. The molecule has 1 heterocycles. The molecular formula is C18H20N2O3. The Morgan fingerprint density at radius 1 is 1.00 bits per heavy atom. The summed E-state index contributed by atoms with van der Waals surface area (Å²) in [6.07, 6.45) is -0.241. The molecule has 0 aromatic heterocycles. The van der Waals surface area contributed by atoms with E-state index >= 15 is 0 Å². The molecular weight excluding hydrogens is 292 g/mol. The van der Waals surface area contributed by atoms with Crippen LogP contribution in [-0.2, 0) is 4.74 Å². The second-order valence-electron chi connectivity index (χ2n) is 5.21. The van der Waals surface area contributed by atoms with E-state index in [9.17, 15) is 4.79 Å². The van der Waals surface area contributed by atoms with Gasteiger partial charge >= 0.3 is 0 Å². The maximum atomic E-state index is 12.1. The lowest BCUT2D eigenvalue weighted by Gasteiger charge is -2.28. The maximum Gasteiger partial charge on any atom is 0.255 e. The fraction of sp³-hybridized carbons (Fsp3) is 0.278. The lowest BCUT2D eigenvalue weighted by Crippen LogP contribution is -2.38. The largest absolute Gasteiger partial charge is 0.491 e. The van der Waals surface area contributed by atoms with Crippen LogP contribution in [-0.4, -0.2) is 25.7 Å². The number of amides is 1. The minimum Gasteiger partial charge on any atom is -0.491 e. The van der Waals surface area contributed by atoms with Crippen LogP contribution in [0.5, 0.6) is 5.75 Å². The van der Waals surface area contributed by atoms with Crippen LogP contribution in [0, 0.1) is 0 Å². The fourth-order valence-electron chi connectivity index (χ4n) is 2.49. The number of carbonyl (C=O) groups excluding carboxylic acids is 1. The second kappa shape index (κ2) is 7.15. The van der Waals surface area contributed by atoms with Gasteiger partial charge in [0.25, 0.3) is 5.91 Å². The molecule has 0 saturated carbocycles. The SMILES string of the molecule is CCOCCOc1ccc(C2NC(=O)c3ccccc3N2)cc1. The van der Waals surface area contributed by atoms with Gasteiger partial charge in [-0.2, -0.15) is 0 Å². The van der Waals surface area contributed by atoms with Gasteiger partial charge in [0.2, 0.25) is 0 Å². The van der Waals surface area contributed by atoms with Gasteiger partial charge in [0.15, 0.2) is 0 Å². The second-order valence-corrected chi connectivity index (χ2v) is 5.21. The van der Waals surface area contributed by atoms with E-state index in [0.29, 0.717) is 25.4 Å². The summed E-state index contributed by atoms with van der Waals surface area (Å²) >= 11 is 0. The lowest BCUT2D eigenvalue weighted by atomic mass is 10.1. The first-order valence-electron chi connectivity index (χ1n) is 7.75. The summed E-state index contributed by atoms with van der Waals surface area (Å²) in [4.78, 5) is 12.1. The summed E-state index contributed by atoms with van der Waals surface area (Å²) in [5, 5.41) is 6.29. The Labute approximate surface area is 135 Å². The number of para-hydroxylation sites is 1. The van der Waals surface area contributed by atoms with E-state index in [4.69, 9.17) is 9.47 Å². The van der Waals surface area contributed by atoms with E-state index in [1.165, 1.54) is 0 Å². The van der Waals surface area contributed by atoms with Crippen molar-refractivity contribution in [3.63, 3.8) is 0 Å². The number of benzene rings is 2. The zero-order chi connectivity index (χ0) is 16.1. The normalized spacial score (nSPS) is 16.2. The Kier molecular flexibility index (Phi) is 4.78. The molecule has 0 bridgehead atoms. The predicted octanol–water partition coefficient (Wildman–Crippen LogP) is 2.96. The molecule has 1 aliphatic rings. The van der Waals surface area contributed by atoms with Gasteiger partial charge in [0.1, 0.15) is 18.5 Å². The number of fused-ring (bicyclic) bond motifs is 1. The maximum absolute atomic E-state index is 12.1. The van der Waals surface area contributed by atoms with Crippen molar-refractivity contribution in [3.8, 4) is 5.75 Å². The van der Waals surface area contributed by atoms with Crippen molar-refractivity contribution in [2.24, 2.45) is 0 Å². The lowest BCUT2D eigenvalue weighted by molar-refractivity contribution is 0.0935. The highest BCUT2D eigenvalue weighted by molar-refractivity contribution is 6.01. The zero-order valence-electron chi connectivity index (χ0n) is 13.0. The number of hydrogen-bond donors (Lipinski definition) is 2. The van der Waals surface area contributed by atoms with E-state index in [2.05, 4.69) is 10.6 Å². The average Bonchev–Trinajstić information content (AvgIpc) is 2.59. The van der Waals surface area contributed by atoms with Crippen molar-refractivity contribution in [1.29, 1.82) is 0 Å². The first kappa shape index (κ1) is 15.4. The number of hydrogen-bond acceptors (Lipinski definition) is 4. The highest BCUT2D eigenvalue weighted by Crippen LogP contribution is 2.27. The van der Waals surface area contributed by atoms with E-state index in [0.717, 1.165) is 17.0 Å². The molecule has 5 nitrogen and oxygen atoms in total. The molecule has 1 unspecified atom stereocenters. The smallest absolute Gasteiger partial charge is 0.255 e. The van der Waals surface area contributed by atoms with Crippen molar-refractivity contribution < 1.29 is 14.3 Å². The van der Waals surface area contributed by atoms with Crippen LogP contribution >= 0.6 is 0 Å². The zero-order valence-corrected chi connectivity index (χ0v) is 13.0. The van der Waals surface area contributed by atoms with Gasteiger partial charge in [0, 0.05) is 12.3 Å². The quantitative estimate of drug-likeness (QED) is 0.805. The minimum absolute atomic E-state index is 0.0682. The highest BCUT2D eigenvalue weighted by Gasteiger charge is 2.23. The summed E-state index contributed by atoms with van der Waals surface area (Å²) in [7, 11) is 0. The van der Waals surface area contributed by atoms with Gasteiger partial charge in [-0.3, -0.25) is 4.79 Å². The van der Waals surface area contributed by atoms with Gasteiger partial charge in [-0.05, 0) is 36.8 Å². The van der Waals surface area contributed by atoms with Crippen molar-refractivity contribution in [1.82, 2.24) is 5.32 Å². The van der Waals surface area contributed by atoms with Crippen LogP contribution in [0.4, 0.5) is 5.69 Å². The molecule has 2 N–H and O–H groups in total. The van der Waals surface area contributed by atoms with Gasteiger partial charge in [-0.1, -0.05) is 24.3 Å². The predicted molar refractivity (Wildman–Crippen MR) is 88.7 cm³/mol. The minimum atomic E-state index is -0.241. The van der Waals surface area contributed by atoms with E-state index in [1.54, 1.807) is 0 Å². The Hall–Kier alpha value is -2.53. The third kappa shape index (κ3) is 3.63. The Bertz CT molecular complexity index is 670. The summed E-state index contributed by atoms with van der Waals surface area (Å²) < 4.78 is 10.8. The Morgan fingerprint density at radius 2 is 1.78 bits per heavy atom. The van der Waals surface area contributed by atoms with E-state index < -0.39 is 0 Å². The number of carbonyl (C=O) groups is 1. The fourth-order valence-corrected chi connectivity index (χ4v) is 2.49. The number of ether oxygens (including phenoxy) is 2. The molecule has 0 fully saturated rings. The molecule has 0 radical (unpaired) electrons. The molecule has 2 aromatic carbocycles. The third-order valence-electron chi connectivity index (χ3n) is 3.66. The first-order chi connectivity index (χ1) is 11.3. The summed E-state index contributed by atoms with van der Waals surface area (Å²) in [6, 6.07) is 15.2. The molecule has 0 spiro atoms. The Balaban J connectivity index is 1.65. The monoisotopic (exact) mass is 312 g/mol. The van der Waals surface area contributed by atoms with Crippen molar-refractivity contribution in [3.05, 3.63) is 59.7 Å².